The first-order valence-corrected chi connectivity index (χ1v) is 16.3. The number of aromatic nitrogens is 1. The smallest absolute Gasteiger partial charge is 0.507 e. The van der Waals surface area contributed by atoms with Crippen LogP contribution < -0.4 is 19.9 Å². The Morgan fingerprint density at radius 3 is 2.43 bits per heavy atom. The Morgan fingerprint density at radius 1 is 1.09 bits per heavy atom. The summed E-state index contributed by atoms with van der Waals surface area (Å²) in [6, 6.07) is 0.263. The largest absolute Gasteiger partial charge is 0.573 e. The van der Waals surface area contributed by atoms with Gasteiger partial charge in [0, 0.05) is 29.2 Å². The first-order valence-electron chi connectivity index (χ1n) is 16.3. The number of nitrogens with zero attached hydrogens (tertiary/aromatic N) is 2. The number of nitrogens with two attached hydrogens (primary N) is 1. The number of carbonyl (C=O) groups is 2. The number of hydrogen-bond donors (Lipinski definition) is 3. The fraction of sp³-hybridized carbons (Fsp3) is 0.606. The number of ether oxygens (including phenoxy) is 3. The molecule has 1 aromatic carbocycles. The Bertz CT molecular complexity index is 1580. The minimum atomic E-state index is -5.04. The van der Waals surface area contributed by atoms with Crippen LogP contribution in [0.15, 0.2) is 16.2 Å². The minimum Gasteiger partial charge on any atom is -0.507 e. The maximum absolute atomic E-state index is 14.3. The third-order valence-electron chi connectivity index (χ3n) is 9.73. The van der Waals surface area contributed by atoms with Crippen LogP contribution in [0.25, 0.3) is 5.76 Å². The third-order valence-corrected chi connectivity index (χ3v) is 9.73. The van der Waals surface area contributed by atoms with Gasteiger partial charge in [-0.1, -0.05) is 26.7 Å². The first-order chi connectivity index (χ1) is 22.4. The highest BCUT2D eigenvalue weighted by atomic mass is 19.4. The van der Waals surface area contributed by atoms with Gasteiger partial charge in [0.05, 0.1) is 24.8 Å². The molecule has 11 nitrogen and oxygen atoms in total. The second-order valence-corrected chi connectivity index (χ2v) is 12.8. The van der Waals surface area contributed by atoms with E-state index in [2.05, 4.69) is 9.89 Å². The topological polar surface area (TPSA) is 158 Å². The number of benzene rings is 1. The van der Waals surface area contributed by atoms with Crippen LogP contribution in [0.3, 0.4) is 0 Å². The monoisotopic (exact) mass is 663 g/mol. The first kappa shape index (κ1) is 33.3. The van der Waals surface area contributed by atoms with Gasteiger partial charge in [0.15, 0.2) is 11.4 Å². The number of alkyl halides is 3. The number of hydrogen-bond acceptors (Lipinski definition) is 11. The maximum Gasteiger partial charge on any atom is 0.573 e. The van der Waals surface area contributed by atoms with Crippen molar-refractivity contribution in [1.29, 1.82) is 0 Å². The average molecular weight is 664 g/mol. The van der Waals surface area contributed by atoms with Gasteiger partial charge in [-0.05, 0) is 68.8 Å². The van der Waals surface area contributed by atoms with E-state index in [1.54, 1.807) is 0 Å². The summed E-state index contributed by atoms with van der Waals surface area (Å²) in [5, 5.41) is 27.6. The Kier molecular flexibility index (Phi) is 9.05. The number of Topliss-reactive ketones (excluding diaryl/α,β-unsaturated/α-hetero) is 2. The number of rotatable bonds is 11. The average Bonchev–Trinajstić information content (AvgIpc) is 3.69. The molecule has 4 aliphatic rings. The minimum absolute atomic E-state index is 0.0395. The van der Waals surface area contributed by atoms with Crippen molar-refractivity contribution in [2.24, 2.45) is 17.6 Å². The molecule has 14 heteroatoms. The summed E-state index contributed by atoms with van der Waals surface area (Å²) >= 11 is 0. The zero-order valence-corrected chi connectivity index (χ0v) is 26.5. The molecule has 3 aliphatic carbocycles. The summed E-state index contributed by atoms with van der Waals surface area (Å²) in [5.74, 6) is -5.43. The molecule has 0 bridgehead atoms. The standard InChI is InChI=1S/C33H40F3N3O8/c1-3-5-11-44-21-15-18(16-39-9-7-8-10-39)27(46-33(34,35)36)19-13-17-14-20-25(37)28-24(31(38-47-28)45-12-6-4-2)30(42)32(20,43)29(41)22(17)26(40)23(19)21/h15,17,20,25,40,43H,3-14,16,37H2,1-2H3/t17-,20-,25-,32-/m0/s1. The van der Waals surface area contributed by atoms with E-state index in [0.29, 0.717) is 25.9 Å². The van der Waals surface area contributed by atoms with Gasteiger partial charge < -0.3 is 34.7 Å². The maximum atomic E-state index is 14.3. The number of aliphatic hydroxyl groups excluding tert-OH is 1. The van der Waals surface area contributed by atoms with Gasteiger partial charge >= 0.3 is 6.36 Å². The van der Waals surface area contributed by atoms with Crippen LogP contribution in [-0.4, -0.2) is 70.1 Å². The highest BCUT2D eigenvalue weighted by molar-refractivity contribution is 6.26. The van der Waals surface area contributed by atoms with Gasteiger partial charge in [0.2, 0.25) is 11.6 Å². The highest BCUT2D eigenvalue weighted by Gasteiger charge is 2.64. The van der Waals surface area contributed by atoms with Crippen LogP contribution in [0.5, 0.6) is 17.4 Å². The molecule has 2 heterocycles. The summed E-state index contributed by atoms with van der Waals surface area (Å²) < 4.78 is 63.5. The molecule has 0 unspecified atom stereocenters. The van der Waals surface area contributed by atoms with Crippen LogP contribution in [0.2, 0.25) is 0 Å². The molecule has 1 aliphatic heterocycles. The third kappa shape index (κ3) is 5.78. The molecular weight excluding hydrogens is 623 g/mol. The predicted molar refractivity (Wildman–Crippen MR) is 161 cm³/mol. The van der Waals surface area contributed by atoms with Crippen molar-refractivity contribution in [1.82, 2.24) is 10.1 Å². The second kappa shape index (κ2) is 12.8. The lowest BCUT2D eigenvalue weighted by molar-refractivity contribution is -0.275. The van der Waals surface area contributed by atoms with E-state index < -0.39 is 52.9 Å². The van der Waals surface area contributed by atoms with Gasteiger partial charge in [0.25, 0.3) is 5.88 Å². The summed E-state index contributed by atoms with van der Waals surface area (Å²) in [5.41, 5.74) is 3.50. The Hall–Kier alpha value is -3.62. The molecule has 256 valence electrons. The van der Waals surface area contributed by atoms with Gasteiger partial charge in [-0.15, -0.1) is 13.2 Å². The molecule has 47 heavy (non-hydrogen) atoms. The van der Waals surface area contributed by atoms with Crippen LogP contribution in [0.4, 0.5) is 13.2 Å². The molecular formula is C33H40F3N3O8. The summed E-state index contributed by atoms with van der Waals surface area (Å²) in [6.45, 7) is 5.91. The number of aliphatic hydroxyl groups is 2. The van der Waals surface area contributed by atoms with E-state index in [1.807, 2.05) is 18.7 Å². The van der Waals surface area contributed by atoms with Crippen molar-refractivity contribution in [2.45, 2.75) is 89.8 Å². The number of unbranched alkanes of at least 4 members (excludes halogenated alkanes) is 2. The number of carbonyl (C=O) groups excluding carboxylic acids is 2. The van der Waals surface area contributed by atoms with Crippen LogP contribution >= 0.6 is 0 Å². The quantitative estimate of drug-likeness (QED) is 0.215. The molecule has 4 atom stereocenters. The summed E-state index contributed by atoms with van der Waals surface area (Å²) in [7, 11) is 0. The van der Waals surface area contributed by atoms with Crippen LogP contribution in [0.1, 0.15) is 97.6 Å². The molecule has 1 aromatic heterocycles. The normalized spacial score (nSPS) is 25.7. The molecule has 2 aromatic rings. The van der Waals surface area contributed by atoms with Gasteiger partial charge in [-0.3, -0.25) is 14.5 Å². The fourth-order valence-electron chi connectivity index (χ4n) is 7.40. The highest BCUT2D eigenvalue weighted by Crippen LogP contribution is 2.56. The lowest BCUT2D eigenvalue weighted by Crippen LogP contribution is -2.63. The van der Waals surface area contributed by atoms with E-state index in [-0.39, 0.29) is 77.8 Å². The molecule has 0 spiro atoms. The van der Waals surface area contributed by atoms with Gasteiger partial charge in [-0.2, -0.15) is 0 Å². The van der Waals surface area contributed by atoms with Crippen LogP contribution in [0, 0.1) is 11.8 Å². The fourth-order valence-corrected chi connectivity index (χ4v) is 7.40. The zero-order chi connectivity index (χ0) is 33.7. The SMILES string of the molecule is CCCCOc1cc(CN2CCCC2)c(OC(F)(F)F)c2c1C(O)=C1C(=O)[C@]3(O)C(=O)c4c(OCCCC)noc4[C@@H](N)[C@@H]3C[C@@H]1C2. The van der Waals surface area contributed by atoms with Crippen LogP contribution in [-0.2, 0) is 17.8 Å². The lowest BCUT2D eigenvalue weighted by Gasteiger charge is -2.47. The number of halogens is 3. The Labute approximate surface area is 269 Å². The molecule has 0 amide bonds. The van der Waals surface area contributed by atoms with E-state index in [4.69, 9.17) is 19.7 Å². The second-order valence-electron chi connectivity index (χ2n) is 12.8. The summed E-state index contributed by atoms with van der Waals surface area (Å²) in [6.07, 6.45) is -0.630. The number of fused-ring (bicyclic) bond motifs is 4. The zero-order valence-electron chi connectivity index (χ0n) is 26.5. The molecule has 6 rings (SSSR count). The number of ketones is 2. The predicted octanol–water partition coefficient (Wildman–Crippen LogP) is 5.18. The molecule has 4 N–H and O–H groups in total. The molecule has 1 saturated carbocycles. The molecule has 0 radical (unpaired) electrons. The van der Waals surface area contributed by atoms with Crippen molar-refractivity contribution < 1.29 is 51.7 Å². The van der Waals surface area contributed by atoms with E-state index in [1.165, 1.54) is 6.07 Å². The molecule has 1 saturated heterocycles. The lowest BCUT2D eigenvalue weighted by atomic mass is 9.57. The van der Waals surface area contributed by atoms with Crippen molar-refractivity contribution in [2.75, 3.05) is 26.3 Å². The van der Waals surface area contributed by atoms with E-state index in [0.717, 1.165) is 25.7 Å². The van der Waals surface area contributed by atoms with E-state index >= 15 is 0 Å². The molecule has 2 fully saturated rings. The van der Waals surface area contributed by atoms with Gasteiger partial charge in [0.1, 0.15) is 22.8 Å². The van der Waals surface area contributed by atoms with E-state index in [9.17, 15) is 33.0 Å². The number of likely N-dealkylation sites (tertiary alicyclic amines) is 1. The van der Waals surface area contributed by atoms with Gasteiger partial charge in [-0.25, -0.2) is 0 Å². The van der Waals surface area contributed by atoms with Crippen molar-refractivity contribution in [3.05, 3.63) is 39.7 Å². The van der Waals surface area contributed by atoms with Crippen molar-refractivity contribution in [3.8, 4) is 17.4 Å². The van der Waals surface area contributed by atoms with Crippen molar-refractivity contribution >= 4 is 17.3 Å². The Morgan fingerprint density at radius 2 is 1.77 bits per heavy atom. The Balaban J connectivity index is 1.48. The summed E-state index contributed by atoms with van der Waals surface area (Å²) in [4.78, 5) is 30.3. The van der Waals surface area contributed by atoms with Crippen molar-refractivity contribution in [3.63, 3.8) is 0 Å².